The third-order valence-electron chi connectivity index (χ3n) is 5.87. The number of ether oxygens (including phenoxy) is 1. The highest BCUT2D eigenvalue weighted by molar-refractivity contribution is 5.89. The Labute approximate surface area is 168 Å². The normalized spacial score (nSPS) is 22.4. The van der Waals surface area contributed by atoms with Crippen LogP contribution in [-0.2, 0) is 4.74 Å². The molecule has 0 bridgehead atoms. The molecule has 2 atom stereocenters. The van der Waals surface area contributed by atoms with Gasteiger partial charge in [-0.2, -0.15) is 5.10 Å². The molecule has 0 aliphatic heterocycles. The van der Waals surface area contributed by atoms with Gasteiger partial charge >= 0.3 is 6.09 Å². The van der Waals surface area contributed by atoms with Crippen LogP contribution < -0.4 is 10.6 Å². The van der Waals surface area contributed by atoms with Crippen molar-refractivity contribution in [3.8, 4) is 0 Å². The fraction of sp³-hybridized carbons (Fsp3) is 0.429. The molecular weight excluding hydrogens is 368 g/mol. The van der Waals surface area contributed by atoms with Crippen LogP contribution in [0.4, 0.5) is 16.4 Å². The van der Waals surface area contributed by atoms with E-state index in [2.05, 4.69) is 30.8 Å². The average molecular weight is 392 g/mol. The molecule has 3 aromatic rings. The third kappa shape index (κ3) is 3.87. The van der Waals surface area contributed by atoms with Crippen LogP contribution in [0, 0.1) is 0 Å². The second kappa shape index (κ2) is 7.02. The fourth-order valence-corrected chi connectivity index (χ4v) is 3.90. The fourth-order valence-electron chi connectivity index (χ4n) is 3.90. The molecule has 3 heterocycles. The zero-order chi connectivity index (χ0) is 19.8. The van der Waals surface area contributed by atoms with E-state index < -0.39 is 0 Å². The Morgan fingerprint density at radius 1 is 1.24 bits per heavy atom. The molecule has 8 heteroatoms. The molecule has 3 N–H and O–H groups in total. The first-order valence-corrected chi connectivity index (χ1v) is 10.1. The number of carbonyl (C=O) groups is 1. The molecule has 0 radical (unpaired) electrons. The topological polar surface area (TPSA) is 105 Å². The summed E-state index contributed by atoms with van der Waals surface area (Å²) in [6.45, 7) is 2.05. The Hall–Kier alpha value is -3.16. The van der Waals surface area contributed by atoms with Crippen LogP contribution in [0.5, 0.6) is 0 Å². The van der Waals surface area contributed by atoms with Crippen LogP contribution in [0.3, 0.4) is 0 Å². The highest BCUT2D eigenvalue weighted by atomic mass is 16.6. The minimum atomic E-state index is -0.294. The number of pyridine rings is 2. The molecule has 8 nitrogen and oxygen atoms in total. The molecule has 29 heavy (non-hydrogen) atoms. The summed E-state index contributed by atoms with van der Waals surface area (Å²) in [5.41, 5.74) is 1.80. The van der Waals surface area contributed by atoms with Crippen molar-refractivity contribution in [1.29, 1.82) is 0 Å². The van der Waals surface area contributed by atoms with Crippen molar-refractivity contribution in [2.45, 2.75) is 56.6 Å². The summed E-state index contributed by atoms with van der Waals surface area (Å²) in [4.78, 5) is 20.8. The molecule has 2 fully saturated rings. The van der Waals surface area contributed by atoms with Gasteiger partial charge in [0.05, 0.1) is 0 Å². The predicted molar refractivity (Wildman–Crippen MR) is 109 cm³/mol. The maximum absolute atomic E-state index is 12.0. The quantitative estimate of drug-likeness (QED) is 0.606. The minimum Gasteiger partial charge on any atom is -0.446 e. The zero-order valence-electron chi connectivity index (χ0n) is 16.3. The number of aromatic nitrogens is 4. The number of carbonyl (C=O) groups excluding carboxylic acids is 1. The van der Waals surface area contributed by atoms with Gasteiger partial charge in [0.25, 0.3) is 0 Å². The number of anilines is 2. The number of H-pyrrole nitrogens is 1. The van der Waals surface area contributed by atoms with E-state index in [1.165, 1.54) is 0 Å². The summed E-state index contributed by atoms with van der Waals surface area (Å²) in [5.74, 6) is 1.68. The SMILES string of the molecule is CC1(NC(=O)OC2CCC(c3cc(Nc4nccc5cccnc45)n[nH]3)C2)CC1. The van der Waals surface area contributed by atoms with Crippen LogP contribution in [0.15, 0.2) is 36.7 Å². The number of nitrogens with zero attached hydrogens (tertiary/aromatic N) is 3. The predicted octanol–water partition coefficient (Wildman–Crippen LogP) is 4.01. The van der Waals surface area contributed by atoms with E-state index in [-0.39, 0.29) is 17.7 Å². The first kappa shape index (κ1) is 17.9. The van der Waals surface area contributed by atoms with E-state index in [1.54, 1.807) is 12.4 Å². The van der Waals surface area contributed by atoms with Crippen molar-refractivity contribution in [1.82, 2.24) is 25.5 Å². The van der Waals surface area contributed by atoms with Gasteiger partial charge in [-0.25, -0.2) is 9.78 Å². The third-order valence-corrected chi connectivity index (χ3v) is 5.87. The number of aromatic amines is 1. The van der Waals surface area contributed by atoms with E-state index in [0.29, 0.717) is 17.6 Å². The van der Waals surface area contributed by atoms with Gasteiger partial charge in [0.1, 0.15) is 11.6 Å². The van der Waals surface area contributed by atoms with Gasteiger partial charge in [0.15, 0.2) is 11.6 Å². The van der Waals surface area contributed by atoms with E-state index >= 15 is 0 Å². The number of amides is 1. The van der Waals surface area contributed by atoms with Crippen molar-refractivity contribution in [3.05, 3.63) is 42.4 Å². The molecular formula is C21H24N6O2. The summed E-state index contributed by atoms with van der Waals surface area (Å²) in [5, 5.41) is 14.7. The van der Waals surface area contributed by atoms with Crippen molar-refractivity contribution < 1.29 is 9.53 Å². The molecule has 2 saturated carbocycles. The van der Waals surface area contributed by atoms with Gasteiger partial charge in [-0.15, -0.1) is 0 Å². The van der Waals surface area contributed by atoms with Crippen LogP contribution >= 0.6 is 0 Å². The molecule has 0 spiro atoms. The molecule has 0 saturated heterocycles. The summed E-state index contributed by atoms with van der Waals surface area (Å²) in [6.07, 6.45) is 7.86. The lowest BCUT2D eigenvalue weighted by Gasteiger charge is -2.16. The minimum absolute atomic E-state index is 0.0500. The van der Waals surface area contributed by atoms with Crippen molar-refractivity contribution in [2.75, 3.05) is 5.32 Å². The second-order valence-corrected chi connectivity index (χ2v) is 8.29. The molecule has 2 aliphatic rings. The first-order valence-electron chi connectivity index (χ1n) is 10.1. The Morgan fingerprint density at radius 2 is 2.14 bits per heavy atom. The summed E-state index contributed by atoms with van der Waals surface area (Å²) in [6, 6.07) is 7.84. The van der Waals surface area contributed by atoms with Gasteiger partial charge < -0.3 is 15.4 Å². The van der Waals surface area contributed by atoms with Gasteiger partial charge in [-0.05, 0) is 51.2 Å². The maximum Gasteiger partial charge on any atom is 0.407 e. The van der Waals surface area contributed by atoms with Gasteiger partial charge in [-0.3, -0.25) is 10.1 Å². The number of rotatable bonds is 5. The smallest absolute Gasteiger partial charge is 0.407 e. The van der Waals surface area contributed by atoms with Crippen LogP contribution in [0.25, 0.3) is 10.9 Å². The average Bonchev–Trinajstić information content (AvgIpc) is 3.10. The highest BCUT2D eigenvalue weighted by Gasteiger charge is 2.40. The van der Waals surface area contributed by atoms with Crippen LogP contribution in [0.2, 0.25) is 0 Å². The Balaban J connectivity index is 1.22. The number of fused-ring (bicyclic) bond motifs is 1. The number of nitrogens with one attached hydrogen (secondary N) is 3. The van der Waals surface area contributed by atoms with E-state index in [4.69, 9.17) is 4.74 Å². The standard InChI is InChI=1S/C21H24N6O2/c1-21(7-8-21)25-20(28)29-15-5-4-14(11-15)16-12-17(27-26-16)24-19-18-13(6-10-23-19)3-2-9-22-18/h2-3,6,9-10,12,14-15H,4-5,7-8,11H2,1H3,(H,25,28)(H2,23,24,26,27). The first-order chi connectivity index (χ1) is 14.1. The Kier molecular flexibility index (Phi) is 4.34. The molecule has 3 aromatic heterocycles. The van der Waals surface area contributed by atoms with Gasteiger partial charge in [0, 0.05) is 41.0 Å². The highest BCUT2D eigenvalue weighted by Crippen LogP contribution is 2.37. The molecule has 2 unspecified atom stereocenters. The van der Waals surface area contributed by atoms with Crippen molar-refractivity contribution in [2.24, 2.45) is 0 Å². The number of alkyl carbamates (subject to hydrolysis) is 1. The lowest BCUT2D eigenvalue weighted by Crippen LogP contribution is -2.36. The lowest BCUT2D eigenvalue weighted by atomic mass is 10.0. The molecule has 1 amide bonds. The molecule has 0 aromatic carbocycles. The van der Waals surface area contributed by atoms with Crippen LogP contribution in [0.1, 0.15) is 50.6 Å². The summed E-state index contributed by atoms with van der Waals surface area (Å²) >= 11 is 0. The zero-order valence-corrected chi connectivity index (χ0v) is 16.3. The van der Waals surface area contributed by atoms with Crippen molar-refractivity contribution >= 4 is 28.6 Å². The Bertz CT molecular complexity index is 1040. The van der Waals surface area contributed by atoms with E-state index in [0.717, 1.165) is 48.7 Å². The molecule has 5 rings (SSSR count). The number of hydrogen-bond acceptors (Lipinski definition) is 6. The van der Waals surface area contributed by atoms with Crippen molar-refractivity contribution in [3.63, 3.8) is 0 Å². The Morgan fingerprint density at radius 3 is 3.00 bits per heavy atom. The summed E-state index contributed by atoms with van der Waals surface area (Å²) in [7, 11) is 0. The second-order valence-electron chi connectivity index (χ2n) is 8.29. The van der Waals surface area contributed by atoms with Gasteiger partial charge in [-0.1, -0.05) is 6.07 Å². The monoisotopic (exact) mass is 392 g/mol. The number of hydrogen-bond donors (Lipinski definition) is 3. The largest absolute Gasteiger partial charge is 0.446 e. The van der Waals surface area contributed by atoms with Gasteiger partial charge in [0.2, 0.25) is 0 Å². The lowest BCUT2D eigenvalue weighted by molar-refractivity contribution is 0.0967. The van der Waals surface area contributed by atoms with E-state index in [1.807, 2.05) is 31.2 Å². The maximum atomic E-state index is 12.0. The molecule has 150 valence electrons. The summed E-state index contributed by atoms with van der Waals surface area (Å²) < 4.78 is 5.61. The van der Waals surface area contributed by atoms with E-state index in [9.17, 15) is 4.79 Å². The van der Waals surface area contributed by atoms with Crippen LogP contribution in [-0.4, -0.2) is 37.9 Å². The molecule has 2 aliphatic carbocycles.